The number of fused-ring (bicyclic) bond motifs is 2. The van der Waals surface area contributed by atoms with Gasteiger partial charge < -0.3 is 4.90 Å². The van der Waals surface area contributed by atoms with Crippen LogP contribution < -0.4 is 9.47 Å². The normalized spacial score (nSPS) is 14.0. The predicted octanol–water partition coefficient (Wildman–Crippen LogP) is 5.13. The lowest BCUT2D eigenvalue weighted by molar-refractivity contribution is -0.665. The number of anilines is 1. The Morgan fingerprint density at radius 2 is 2.08 bits per heavy atom. The van der Waals surface area contributed by atoms with E-state index in [-0.39, 0.29) is 0 Å². The van der Waals surface area contributed by atoms with Gasteiger partial charge in [0.25, 0.3) is 5.01 Å². The molecule has 0 N–H and O–H groups in total. The molecule has 4 rings (SSSR count). The lowest BCUT2D eigenvalue weighted by Gasteiger charge is -2.11. The van der Waals surface area contributed by atoms with Crippen LogP contribution in [0.3, 0.4) is 0 Å². The summed E-state index contributed by atoms with van der Waals surface area (Å²) in [6.07, 6.45) is 5.65. The van der Waals surface area contributed by atoms with Gasteiger partial charge in [-0.3, -0.25) is 0 Å². The lowest BCUT2D eigenvalue weighted by Crippen LogP contribution is -2.33. The van der Waals surface area contributed by atoms with Crippen molar-refractivity contribution in [1.82, 2.24) is 0 Å². The van der Waals surface area contributed by atoms with Crippen molar-refractivity contribution < 1.29 is 4.57 Å². The van der Waals surface area contributed by atoms with Crippen molar-refractivity contribution in [2.45, 2.75) is 19.9 Å². The van der Waals surface area contributed by atoms with Gasteiger partial charge in [0.2, 0.25) is 5.52 Å². The topological polar surface area (TPSA) is 7.12 Å². The molecule has 0 atom stereocenters. The molecule has 0 unspecified atom stereocenters. The SMILES string of the molecule is CC[n+]1c(/C=C/c2ccc3c(c2)CCN3C)sc2cc(Br)ccc21. The smallest absolute Gasteiger partial charge is 0.262 e. The fraction of sp³-hybridized carbons (Fsp3) is 0.250. The number of aryl methyl sites for hydroxylation is 1. The second-order valence-corrected chi connectivity index (χ2v) is 8.17. The summed E-state index contributed by atoms with van der Waals surface area (Å²) in [7, 11) is 2.17. The molecule has 0 saturated carbocycles. The molecule has 3 aromatic rings. The highest BCUT2D eigenvalue weighted by atomic mass is 79.9. The number of halogens is 1. The number of hydrogen-bond acceptors (Lipinski definition) is 2. The number of thiazole rings is 1. The van der Waals surface area contributed by atoms with E-state index < -0.39 is 0 Å². The van der Waals surface area contributed by atoms with E-state index in [1.165, 1.54) is 32.0 Å². The van der Waals surface area contributed by atoms with Gasteiger partial charge in [-0.25, -0.2) is 0 Å². The summed E-state index contributed by atoms with van der Waals surface area (Å²) in [5, 5.41) is 1.29. The number of aromatic nitrogens is 1. The first-order chi connectivity index (χ1) is 11.7. The minimum absolute atomic E-state index is 0.982. The number of rotatable bonds is 3. The Balaban J connectivity index is 1.70. The molecule has 0 radical (unpaired) electrons. The second-order valence-electron chi connectivity index (χ2n) is 6.19. The van der Waals surface area contributed by atoms with E-state index in [2.05, 4.69) is 87.9 Å². The Kier molecular flexibility index (Phi) is 4.19. The summed E-state index contributed by atoms with van der Waals surface area (Å²) in [5.41, 5.74) is 5.43. The van der Waals surface area contributed by atoms with Crippen LogP contribution in [0.2, 0.25) is 0 Å². The van der Waals surface area contributed by atoms with Gasteiger partial charge in [-0.15, -0.1) is 0 Å². The quantitative estimate of drug-likeness (QED) is 0.553. The molecule has 24 heavy (non-hydrogen) atoms. The standard InChI is InChI=1S/C20H20BrN2S/c1-3-23-18-8-6-16(21)13-19(18)24-20(23)9-5-14-4-7-17-15(12-14)10-11-22(17)2/h4-9,12-13H,3,10-11H2,1-2H3/q+1. The molecule has 2 aromatic carbocycles. The van der Waals surface area contributed by atoms with E-state index in [4.69, 9.17) is 0 Å². The van der Waals surface area contributed by atoms with Crippen molar-refractivity contribution in [3.63, 3.8) is 0 Å². The highest BCUT2D eigenvalue weighted by Crippen LogP contribution is 2.29. The van der Waals surface area contributed by atoms with Gasteiger partial charge >= 0.3 is 0 Å². The van der Waals surface area contributed by atoms with Crippen LogP contribution >= 0.6 is 27.3 Å². The number of benzene rings is 2. The predicted molar refractivity (Wildman–Crippen MR) is 108 cm³/mol. The van der Waals surface area contributed by atoms with Crippen LogP contribution in [0, 0.1) is 0 Å². The average Bonchev–Trinajstić information content (AvgIpc) is 3.12. The van der Waals surface area contributed by atoms with E-state index in [1.807, 2.05) is 11.3 Å². The molecule has 1 aliphatic rings. The molecule has 0 aliphatic carbocycles. The molecule has 0 fully saturated rings. The minimum atomic E-state index is 0.982. The maximum absolute atomic E-state index is 3.57. The Hall–Kier alpha value is -1.65. The van der Waals surface area contributed by atoms with Gasteiger partial charge in [0.05, 0.1) is 0 Å². The van der Waals surface area contributed by atoms with E-state index in [0.29, 0.717) is 0 Å². The van der Waals surface area contributed by atoms with E-state index in [0.717, 1.165) is 24.0 Å². The molecule has 0 saturated heterocycles. The van der Waals surface area contributed by atoms with Crippen LogP contribution in [0.15, 0.2) is 40.9 Å². The zero-order chi connectivity index (χ0) is 16.7. The average molecular weight is 400 g/mol. The lowest BCUT2D eigenvalue weighted by atomic mass is 10.1. The second kappa shape index (κ2) is 6.34. The van der Waals surface area contributed by atoms with E-state index >= 15 is 0 Å². The van der Waals surface area contributed by atoms with E-state index in [1.54, 1.807) is 0 Å². The summed E-state index contributed by atoms with van der Waals surface area (Å²) in [6.45, 7) is 4.32. The fourth-order valence-corrected chi connectivity index (χ4v) is 5.07. The molecule has 122 valence electrons. The molecule has 2 heterocycles. The Morgan fingerprint density at radius 3 is 2.92 bits per heavy atom. The highest BCUT2D eigenvalue weighted by Gasteiger charge is 2.17. The first kappa shape index (κ1) is 15.9. The van der Waals surface area contributed by atoms with Gasteiger partial charge in [-0.05, 0) is 54.8 Å². The van der Waals surface area contributed by atoms with Crippen LogP contribution in [0.25, 0.3) is 22.4 Å². The summed E-state index contributed by atoms with van der Waals surface area (Å²) >= 11 is 5.42. The molecule has 0 amide bonds. The largest absolute Gasteiger partial charge is 0.374 e. The van der Waals surface area contributed by atoms with Crippen molar-refractivity contribution in [3.8, 4) is 0 Å². The number of nitrogens with zero attached hydrogens (tertiary/aromatic N) is 2. The van der Waals surface area contributed by atoms with Gasteiger partial charge in [0.15, 0.2) is 0 Å². The van der Waals surface area contributed by atoms with Crippen LogP contribution in [-0.4, -0.2) is 13.6 Å². The molecular weight excluding hydrogens is 380 g/mol. The first-order valence-electron chi connectivity index (χ1n) is 8.30. The molecule has 1 aromatic heterocycles. The summed E-state index contributed by atoms with van der Waals surface area (Å²) in [6, 6.07) is 13.3. The van der Waals surface area contributed by atoms with Gasteiger partial charge in [0.1, 0.15) is 11.2 Å². The summed E-state index contributed by atoms with van der Waals surface area (Å²) in [4.78, 5) is 2.33. The highest BCUT2D eigenvalue weighted by molar-refractivity contribution is 9.10. The molecule has 1 aliphatic heterocycles. The number of hydrogen-bond donors (Lipinski definition) is 0. The molecule has 4 heteroatoms. The number of likely N-dealkylation sites (N-methyl/N-ethyl adjacent to an activating group) is 1. The van der Waals surface area contributed by atoms with Crippen molar-refractivity contribution >= 4 is 55.3 Å². The molecule has 2 nitrogen and oxygen atoms in total. The third kappa shape index (κ3) is 2.78. The fourth-order valence-electron chi connectivity index (χ4n) is 3.39. The summed E-state index contributed by atoms with van der Waals surface area (Å²) < 4.78 is 4.84. The molecule has 0 spiro atoms. The zero-order valence-corrected chi connectivity index (χ0v) is 16.3. The van der Waals surface area contributed by atoms with Crippen molar-refractivity contribution in [2.75, 3.05) is 18.5 Å². The van der Waals surface area contributed by atoms with Gasteiger partial charge in [0, 0.05) is 35.9 Å². The van der Waals surface area contributed by atoms with Crippen molar-refractivity contribution in [1.29, 1.82) is 0 Å². The van der Waals surface area contributed by atoms with Gasteiger partial charge in [-0.1, -0.05) is 33.3 Å². The maximum Gasteiger partial charge on any atom is 0.262 e. The van der Waals surface area contributed by atoms with Crippen LogP contribution in [-0.2, 0) is 13.0 Å². The third-order valence-electron chi connectivity index (χ3n) is 4.66. The Morgan fingerprint density at radius 1 is 1.21 bits per heavy atom. The summed E-state index contributed by atoms with van der Waals surface area (Å²) in [5.74, 6) is 0. The van der Waals surface area contributed by atoms with Crippen LogP contribution in [0.4, 0.5) is 5.69 Å². The first-order valence-corrected chi connectivity index (χ1v) is 9.90. The Bertz CT molecular complexity index is 942. The van der Waals surface area contributed by atoms with Crippen LogP contribution in [0.1, 0.15) is 23.1 Å². The Labute approximate surface area is 155 Å². The van der Waals surface area contributed by atoms with Gasteiger partial charge in [-0.2, -0.15) is 4.57 Å². The van der Waals surface area contributed by atoms with E-state index in [9.17, 15) is 0 Å². The minimum Gasteiger partial charge on any atom is -0.374 e. The van der Waals surface area contributed by atoms with Crippen molar-refractivity contribution in [2.24, 2.45) is 0 Å². The molecular formula is C20H20BrN2S+. The monoisotopic (exact) mass is 399 g/mol. The molecule has 0 bridgehead atoms. The van der Waals surface area contributed by atoms with Crippen molar-refractivity contribution in [3.05, 3.63) is 57.0 Å². The zero-order valence-electron chi connectivity index (χ0n) is 13.9. The van der Waals surface area contributed by atoms with Crippen LogP contribution in [0.5, 0.6) is 0 Å². The maximum atomic E-state index is 3.57. The third-order valence-corrected chi connectivity index (χ3v) is 6.26.